The molecule has 6 heteroatoms. The van der Waals surface area contributed by atoms with Crippen LogP contribution in [-0.2, 0) is 9.84 Å². The minimum absolute atomic E-state index is 0.0464. The molecule has 0 unspecified atom stereocenters. The molecule has 0 aliphatic carbocycles. The first kappa shape index (κ1) is 17.8. The summed E-state index contributed by atoms with van der Waals surface area (Å²) in [6.45, 7) is 0. The van der Waals surface area contributed by atoms with E-state index in [-0.39, 0.29) is 10.6 Å². The zero-order chi connectivity index (χ0) is 18.2. The summed E-state index contributed by atoms with van der Waals surface area (Å²) in [5, 5.41) is 11.3. The van der Waals surface area contributed by atoms with E-state index < -0.39 is 9.84 Å². The van der Waals surface area contributed by atoms with E-state index in [0.717, 1.165) is 6.26 Å². The van der Waals surface area contributed by atoms with Crippen molar-refractivity contribution in [3.63, 3.8) is 0 Å². The van der Waals surface area contributed by atoms with E-state index in [1.54, 1.807) is 36.4 Å². The van der Waals surface area contributed by atoms with Crippen LogP contribution in [0.2, 0.25) is 10.0 Å². The number of rotatable bonds is 3. The molecule has 0 saturated heterocycles. The third-order valence-electron chi connectivity index (χ3n) is 3.75. The number of hydrogen-bond acceptors (Lipinski definition) is 3. The zero-order valence-corrected chi connectivity index (χ0v) is 15.5. The van der Waals surface area contributed by atoms with E-state index in [1.165, 1.54) is 18.2 Å². The molecule has 0 saturated carbocycles. The SMILES string of the molecule is CS(=O)(=O)c1ccc(-c2[c]ccc(O)c2-c2ccc(Cl)cc2Cl)cc1. The lowest BCUT2D eigenvalue weighted by Gasteiger charge is -2.13. The van der Waals surface area contributed by atoms with Crippen molar-refractivity contribution in [1.29, 1.82) is 0 Å². The average molecular weight is 392 g/mol. The van der Waals surface area contributed by atoms with Gasteiger partial charge in [0.05, 0.1) is 9.92 Å². The molecule has 0 spiro atoms. The summed E-state index contributed by atoms with van der Waals surface area (Å²) in [5.41, 5.74) is 2.45. The Morgan fingerprint density at radius 3 is 2.28 bits per heavy atom. The fraction of sp³-hybridized carbons (Fsp3) is 0.0526. The zero-order valence-electron chi connectivity index (χ0n) is 13.1. The van der Waals surface area contributed by atoms with Crippen LogP contribution >= 0.6 is 23.2 Å². The summed E-state index contributed by atoms with van der Waals surface area (Å²) in [6, 6.07) is 17.6. The van der Waals surface area contributed by atoms with E-state index in [4.69, 9.17) is 23.2 Å². The highest BCUT2D eigenvalue weighted by Gasteiger charge is 2.16. The van der Waals surface area contributed by atoms with Crippen molar-refractivity contribution in [2.24, 2.45) is 0 Å². The molecule has 127 valence electrons. The van der Waals surface area contributed by atoms with Crippen molar-refractivity contribution in [1.82, 2.24) is 0 Å². The molecule has 0 heterocycles. The first-order valence-corrected chi connectivity index (χ1v) is 9.91. The summed E-state index contributed by atoms with van der Waals surface area (Å²) in [6.07, 6.45) is 1.15. The molecule has 25 heavy (non-hydrogen) atoms. The standard InChI is InChI=1S/C19H13Cl2O3S/c1-25(23,24)14-8-5-12(6-9-14)15-3-2-4-18(22)19(15)16-10-7-13(20)11-17(16)21/h2,4-11,22H,1H3. The van der Waals surface area contributed by atoms with Gasteiger partial charge in [0.1, 0.15) is 5.75 Å². The fourth-order valence-corrected chi connectivity index (χ4v) is 3.68. The lowest BCUT2D eigenvalue weighted by molar-refractivity contribution is 0.477. The molecule has 0 atom stereocenters. The Morgan fingerprint density at radius 1 is 1.00 bits per heavy atom. The molecule has 3 nitrogen and oxygen atoms in total. The third-order valence-corrected chi connectivity index (χ3v) is 5.42. The van der Waals surface area contributed by atoms with Gasteiger partial charge in [0.25, 0.3) is 0 Å². The Morgan fingerprint density at radius 2 is 1.68 bits per heavy atom. The summed E-state index contributed by atoms with van der Waals surface area (Å²) in [4.78, 5) is 0.225. The van der Waals surface area contributed by atoms with Crippen molar-refractivity contribution in [2.75, 3.05) is 6.26 Å². The second-order valence-electron chi connectivity index (χ2n) is 5.53. The first-order valence-electron chi connectivity index (χ1n) is 7.27. The number of halogens is 2. The van der Waals surface area contributed by atoms with Crippen molar-refractivity contribution in [2.45, 2.75) is 4.90 Å². The second-order valence-corrected chi connectivity index (χ2v) is 8.39. The van der Waals surface area contributed by atoms with Crippen molar-refractivity contribution in [3.05, 3.63) is 70.7 Å². The van der Waals surface area contributed by atoms with Gasteiger partial charge in [0.2, 0.25) is 0 Å². The first-order chi connectivity index (χ1) is 11.8. The van der Waals surface area contributed by atoms with E-state index in [9.17, 15) is 13.5 Å². The summed E-state index contributed by atoms with van der Waals surface area (Å²) >= 11 is 12.2. The molecule has 0 aliphatic rings. The number of sulfone groups is 1. The normalized spacial score (nSPS) is 11.5. The van der Waals surface area contributed by atoms with Gasteiger partial charge in [-0.15, -0.1) is 0 Å². The quantitative estimate of drug-likeness (QED) is 0.664. The van der Waals surface area contributed by atoms with Gasteiger partial charge in [-0.3, -0.25) is 0 Å². The molecule has 0 aliphatic heterocycles. The number of phenolic OH excluding ortho intramolecular Hbond substituents is 1. The van der Waals surface area contributed by atoms with Crippen molar-refractivity contribution in [3.8, 4) is 28.0 Å². The molecule has 0 bridgehead atoms. The topological polar surface area (TPSA) is 54.4 Å². The summed E-state index contributed by atoms with van der Waals surface area (Å²) in [7, 11) is -3.28. The molecule has 3 rings (SSSR count). The molecule has 0 amide bonds. The predicted octanol–water partition coefficient (Wildman–Crippen LogP) is 5.24. The molecular formula is C19H13Cl2O3S. The van der Waals surface area contributed by atoms with Gasteiger partial charge in [0, 0.05) is 28.0 Å². The van der Waals surface area contributed by atoms with Gasteiger partial charge < -0.3 is 5.11 Å². The number of phenols is 1. The van der Waals surface area contributed by atoms with Gasteiger partial charge in [0.15, 0.2) is 9.84 Å². The highest BCUT2D eigenvalue weighted by atomic mass is 35.5. The van der Waals surface area contributed by atoms with E-state index in [0.29, 0.717) is 32.3 Å². The van der Waals surface area contributed by atoms with Gasteiger partial charge in [-0.25, -0.2) is 8.42 Å². The molecule has 3 aromatic carbocycles. The van der Waals surface area contributed by atoms with Crippen molar-refractivity contribution < 1.29 is 13.5 Å². The third kappa shape index (κ3) is 3.66. The van der Waals surface area contributed by atoms with Crippen LogP contribution in [0.4, 0.5) is 0 Å². The Labute approximate surface area is 156 Å². The minimum atomic E-state index is -3.28. The van der Waals surface area contributed by atoms with Crippen LogP contribution in [0, 0.1) is 6.07 Å². The molecular weight excluding hydrogens is 379 g/mol. The maximum Gasteiger partial charge on any atom is 0.175 e. The minimum Gasteiger partial charge on any atom is -0.507 e. The Balaban J connectivity index is 2.20. The largest absolute Gasteiger partial charge is 0.507 e. The molecule has 0 aromatic heterocycles. The summed E-state index contributed by atoms with van der Waals surface area (Å²) in [5.74, 6) is 0.0464. The van der Waals surface area contributed by atoms with Gasteiger partial charge in [-0.05, 0) is 42.0 Å². The molecule has 1 N–H and O–H groups in total. The van der Waals surface area contributed by atoms with Gasteiger partial charge in [-0.2, -0.15) is 0 Å². The lowest BCUT2D eigenvalue weighted by Crippen LogP contribution is -1.96. The molecule has 3 aromatic rings. The van der Waals surface area contributed by atoms with Gasteiger partial charge >= 0.3 is 0 Å². The number of aromatic hydroxyl groups is 1. The monoisotopic (exact) mass is 391 g/mol. The van der Waals surface area contributed by atoms with Crippen LogP contribution < -0.4 is 0 Å². The Hall–Kier alpha value is -2.01. The number of benzene rings is 3. The average Bonchev–Trinajstić information content (AvgIpc) is 2.55. The number of hydrogen-bond donors (Lipinski definition) is 1. The maximum atomic E-state index is 11.6. The van der Waals surface area contributed by atoms with Crippen LogP contribution in [0.1, 0.15) is 0 Å². The Bertz CT molecular complexity index is 1040. The van der Waals surface area contributed by atoms with Gasteiger partial charge in [-0.1, -0.05) is 47.5 Å². The van der Waals surface area contributed by atoms with E-state index in [2.05, 4.69) is 6.07 Å². The van der Waals surface area contributed by atoms with Crippen LogP contribution in [-0.4, -0.2) is 19.8 Å². The highest BCUT2D eigenvalue weighted by Crippen LogP contribution is 2.42. The fourth-order valence-electron chi connectivity index (χ4n) is 2.55. The van der Waals surface area contributed by atoms with Crippen LogP contribution in [0.15, 0.2) is 59.5 Å². The molecule has 1 radical (unpaired) electrons. The van der Waals surface area contributed by atoms with E-state index in [1.807, 2.05) is 0 Å². The maximum absolute atomic E-state index is 11.6. The highest BCUT2D eigenvalue weighted by molar-refractivity contribution is 7.90. The molecule has 0 fully saturated rings. The second kappa shape index (κ2) is 6.71. The van der Waals surface area contributed by atoms with Crippen LogP contribution in [0.3, 0.4) is 0 Å². The van der Waals surface area contributed by atoms with E-state index >= 15 is 0 Å². The Kier molecular flexibility index (Phi) is 4.78. The smallest absolute Gasteiger partial charge is 0.175 e. The lowest BCUT2D eigenvalue weighted by atomic mass is 9.94. The summed E-state index contributed by atoms with van der Waals surface area (Å²) < 4.78 is 23.2. The predicted molar refractivity (Wildman–Crippen MR) is 101 cm³/mol. The van der Waals surface area contributed by atoms with Crippen LogP contribution in [0.25, 0.3) is 22.3 Å². The van der Waals surface area contributed by atoms with Crippen molar-refractivity contribution >= 4 is 33.0 Å². The van der Waals surface area contributed by atoms with Crippen LogP contribution in [0.5, 0.6) is 5.75 Å².